The van der Waals surface area contributed by atoms with E-state index in [1.54, 1.807) is 0 Å². The van der Waals surface area contributed by atoms with Gasteiger partial charge in [0.15, 0.2) is 0 Å². The van der Waals surface area contributed by atoms with Crippen LogP contribution in [0.4, 0.5) is 0 Å². The van der Waals surface area contributed by atoms with E-state index in [1.807, 2.05) is 0 Å². The zero-order valence-corrected chi connectivity index (χ0v) is 20.9. The SMILES string of the molecule is NCCCCC(NC(=O)C(N)CCC(=O)O)C(=O)NC(Cc1cnc[nH]1)C(=O)NC(CCC(N)=O)C(=O)O. The van der Waals surface area contributed by atoms with Crippen LogP contribution < -0.4 is 33.2 Å². The van der Waals surface area contributed by atoms with Crippen molar-refractivity contribution in [2.24, 2.45) is 17.2 Å². The Balaban J connectivity index is 3.04. The number of nitrogens with one attached hydrogen (secondary N) is 4. The molecule has 0 aliphatic rings. The van der Waals surface area contributed by atoms with Crippen molar-refractivity contribution in [1.29, 1.82) is 0 Å². The van der Waals surface area contributed by atoms with Gasteiger partial charge in [-0.2, -0.15) is 0 Å². The maximum atomic E-state index is 13.2. The monoisotopic (exact) mass is 540 g/mol. The number of carboxylic acid groups (broad SMARTS) is 2. The third kappa shape index (κ3) is 12.3. The number of amides is 4. The third-order valence-electron chi connectivity index (χ3n) is 5.49. The summed E-state index contributed by atoms with van der Waals surface area (Å²) >= 11 is 0. The summed E-state index contributed by atoms with van der Waals surface area (Å²) in [7, 11) is 0. The van der Waals surface area contributed by atoms with Crippen LogP contribution in [0.3, 0.4) is 0 Å². The molecule has 0 radical (unpaired) electrons. The molecule has 0 saturated heterocycles. The minimum Gasteiger partial charge on any atom is -0.481 e. The van der Waals surface area contributed by atoms with Crippen molar-refractivity contribution < 1.29 is 39.0 Å². The van der Waals surface area contributed by atoms with Gasteiger partial charge in [-0.1, -0.05) is 0 Å². The summed E-state index contributed by atoms with van der Waals surface area (Å²) in [4.78, 5) is 78.7. The first-order chi connectivity index (χ1) is 17.9. The second-order valence-corrected chi connectivity index (χ2v) is 8.63. The van der Waals surface area contributed by atoms with E-state index < -0.39 is 59.7 Å². The molecule has 0 aliphatic heterocycles. The van der Waals surface area contributed by atoms with Crippen LogP contribution in [-0.4, -0.2) is 86.5 Å². The molecular weight excluding hydrogens is 504 g/mol. The van der Waals surface area contributed by atoms with E-state index in [0.29, 0.717) is 25.1 Å². The molecule has 0 saturated carbocycles. The third-order valence-corrected chi connectivity index (χ3v) is 5.49. The van der Waals surface area contributed by atoms with E-state index >= 15 is 0 Å². The number of imidazole rings is 1. The predicted molar refractivity (Wildman–Crippen MR) is 132 cm³/mol. The van der Waals surface area contributed by atoms with Crippen LogP contribution in [0.1, 0.15) is 50.6 Å². The summed E-state index contributed by atoms with van der Waals surface area (Å²) in [5.41, 5.74) is 16.8. The Labute approximate surface area is 218 Å². The molecule has 4 amide bonds. The average molecular weight is 541 g/mol. The summed E-state index contributed by atoms with van der Waals surface area (Å²) in [6, 6.07) is -5.04. The van der Waals surface area contributed by atoms with Crippen molar-refractivity contribution in [3.05, 3.63) is 18.2 Å². The van der Waals surface area contributed by atoms with Gasteiger partial charge in [-0.05, 0) is 38.6 Å². The number of carbonyl (C=O) groups is 6. The molecule has 4 unspecified atom stereocenters. The number of aromatic amines is 1. The molecule has 16 heteroatoms. The van der Waals surface area contributed by atoms with Gasteiger partial charge in [-0.25, -0.2) is 9.78 Å². The van der Waals surface area contributed by atoms with Crippen LogP contribution in [0, 0.1) is 0 Å². The topological polar surface area (TPSA) is 286 Å². The minimum atomic E-state index is -1.44. The van der Waals surface area contributed by atoms with Gasteiger partial charge in [0.25, 0.3) is 0 Å². The number of unbranched alkanes of at least 4 members (excludes halogenated alkanes) is 1. The Morgan fingerprint density at radius 1 is 0.868 bits per heavy atom. The maximum Gasteiger partial charge on any atom is 0.326 e. The van der Waals surface area contributed by atoms with Crippen molar-refractivity contribution in [1.82, 2.24) is 25.9 Å². The number of nitrogens with two attached hydrogens (primary N) is 3. The van der Waals surface area contributed by atoms with E-state index in [0.717, 1.165) is 0 Å². The van der Waals surface area contributed by atoms with Gasteiger partial charge in [-0.3, -0.25) is 24.0 Å². The van der Waals surface area contributed by atoms with Gasteiger partial charge in [0.2, 0.25) is 23.6 Å². The molecule has 1 rings (SSSR count). The fourth-order valence-corrected chi connectivity index (χ4v) is 3.36. The largest absolute Gasteiger partial charge is 0.481 e. The van der Waals surface area contributed by atoms with Gasteiger partial charge >= 0.3 is 11.9 Å². The summed E-state index contributed by atoms with van der Waals surface area (Å²) in [6.45, 7) is 0.340. The van der Waals surface area contributed by atoms with Crippen molar-refractivity contribution in [3.63, 3.8) is 0 Å². The number of nitrogens with zero attached hydrogens (tertiary/aromatic N) is 1. The molecule has 0 fully saturated rings. The lowest BCUT2D eigenvalue weighted by molar-refractivity contribution is -0.142. The van der Waals surface area contributed by atoms with Gasteiger partial charge in [0.05, 0.1) is 12.4 Å². The number of aromatic nitrogens is 2. The number of carbonyl (C=O) groups excluding carboxylic acids is 4. The fourth-order valence-electron chi connectivity index (χ4n) is 3.36. The summed E-state index contributed by atoms with van der Waals surface area (Å²) in [6.07, 6.45) is 2.78. The lowest BCUT2D eigenvalue weighted by atomic mass is 10.0. The Kier molecular flexibility index (Phi) is 14.0. The number of H-pyrrole nitrogens is 1. The maximum absolute atomic E-state index is 13.2. The molecule has 0 bridgehead atoms. The zero-order valence-electron chi connectivity index (χ0n) is 20.9. The summed E-state index contributed by atoms with van der Waals surface area (Å²) < 4.78 is 0. The van der Waals surface area contributed by atoms with Crippen LogP contribution in [0.5, 0.6) is 0 Å². The first-order valence-electron chi connectivity index (χ1n) is 12.0. The first kappa shape index (κ1) is 32.0. The van der Waals surface area contributed by atoms with Crippen LogP contribution in [0.25, 0.3) is 0 Å². The average Bonchev–Trinajstić information content (AvgIpc) is 3.36. The van der Waals surface area contributed by atoms with Gasteiger partial charge in [0.1, 0.15) is 18.1 Å². The van der Waals surface area contributed by atoms with E-state index in [2.05, 4.69) is 25.9 Å². The van der Waals surface area contributed by atoms with Crippen LogP contribution in [-0.2, 0) is 35.2 Å². The number of hydrogen-bond acceptors (Lipinski definition) is 9. The molecule has 38 heavy (non-hydrogen) atoms. The highest BCUT2D eigenvalue weighted by Gasteiger charge is 2.31. The molecular formula is C22H36N8O8. The van der Waals surface area contributed by atoms with Crippen LogP contribution >= 0.6 is 0 Å². The second kappa shape index (κ2) is 16.6. The second-order valence-electron chi connectivity index (χ2n) is 8.63. The standard InChI is InChI=1S/C22H36N8O8/c23-8-2-1-3-14(28-19(34)13(24)4-7-18(32)33)20(35)30-16(9-12-10-26-11-27-12)21(36)29-15(22(37)38)5-6-17(25)31/h10-11,13-16H,1-9,23-24H2,(H2,25,31)(H,26,27)(H,28,34)(H,29,36)(H,30,35)(H,32,33)(H,37,38). The summed E-state index contributed by atoms with van der Waals surface area (Å²) in [5.74, 6) is -5.61. The lowest BCUT2D eigenvalue weighted by Gasteiger charge is -2.25. The Morgan fingerprint density at radius 2 is 1.50 bits per heavy atom. The van der Waals surface area contributed by atoms with Crippen molar-refractivity contribution >= 4 is 35.6 Å². The molecule has 1 aromatic rings. The highest BCUT2D eigenvalue weighted by Crippen LogP contribution is 2.07. The van der Waals surface area contributed by atoms with Crippen molar-refractivity contribution in [2.45, 2.75) is 75.5 Å². The van der Waals surface area contributed by atoms with E-state index in [-0.39, 0.29) is 38.5 Å². The molecule has 16 nitrogen and oxygen atoms in total. The highest BCUT2D eigenvalue weighted by atomic mass is 16.4. The molecule has 0 aromatic carbocycles. The number of aliphatic carboxylic acids is 2. The van der Waals surface area contributed by atoms with Crippen molar-refractivity contribution in [2.75, 3.05) is 6.54 Å². The fraction of sp³-hybridized carbons (Fsp3) is 0.591. The van der Waals surface area contributed by atoms with Gasteiger partial charge in [0, 0.05) is 31.2 Å². The van der Waals surface area contributed by atoms with Crippen LogP contribution in [0.15, 0.2) is 12.5 Å². The molecule has 12 N–H and O–H groups in total. The van der Waals surface area contributed by atoms with E-state index in [4.69, 9.17) is 22.3 Å². The molecule has 1 heterocycles. The van der Waals surface area contributed by atoms with Gasteiger partial charge in [-0.15, -0.1) is 0 Å². The first-order valence-corrected chi connectivity index (χ1v) is 12.0. The van der Waals surface area contributed by atoms with E-state index in [9.17, 15) is 33.9 Å². The Morgan fingerprint density at radius 3 is 2.05 bits per heavy atom. The van der Waals surface area contributed by atoms with Gasteiger partial charge < -0.3 is 48.3 Å². The molecule has 212 valence electrons. The zero-order chi connectivity index (χ0) is 28.7. The molecule has 1 aromatic heterocycles. The number of primary amides is 1. The highest BCUT2D eigenvalue weighted by molar-refractivity contribution is 5.94. The number of rotatable bonds is 19. The molecule has 4 atom stereocenters. The predicted octanol–water partition coefficient (Wildman–Crippen LogP) is -2.92. The minimum absolute atomic E-state index is 0.0959. The molecule has 0 aliphatic carbocycles. The number of hydrogen-bond donors (Lipinski definition) is 9. The Bertz CT molecular complexity index is 955. The number of carboxylic acids is 2. The lowest BCUT2D eigenvalue weighted by Crippen LogP contribution is -2.57. The van der Waals surface area contributed by atoms with E-state index in [1.165, 1.54) is 12.5 Å². The van der Waals surface area contributed by atoms with Crippen molar-refractivity contribution in [3.8, 4) is 0 Å². The smallest absolute Gasteiger partial charge is 0.326 e. The quantitative estimate of drug-likeness (QED) is 0.0801. The normalized spacial score (nSPS) is 13.9. The molecule has 0 spiro atoms. The summed E-state index contributed by atoms with van der Waals surface area (Å²) in [5, 5.41) is 25.5. The van der Waals surface area contributed by atoms with Crippen LogP contribution in [0.2, 0.25) is 0 Å². The Hall–Kier alpha value is -4.05.